The highest BCUT2D eigenvalue weighted by atomic mass is 35.5. The van der Waals surface area contributed by atoms with Crippen LogP contribution in [0.4, 0.5) is 0 Å². The van der Waals surface area contributed by atoms with Crippen molar-refractivity contribution in [3.8, 4) is 11.5 Å². The molecule has 0 heterocycles. The van der Waals surface area contributed by atoms with Crippen LogP contribution in [0.25, 0.3) is 0 Å². The predicted molar refractivity (Wildman–Crippen MR) is 117 cm³/mol. The Bertz CT molecular complexity index is 902. The third kappa shape index (κ3) is 6.23. The summed E-state index contributed by atoms with van der Waals surface area (Å²) in [5, 5.41) is 14.2. The molecule has 29 heavy (non-hydrogen) atoms. The third-order valence-electron chi connectivity index (χ3n) is 4.50. The topological polar surface area (TPSA) is 50.7 Å². The second-order valence-corrected chi connectivity index (χ2v) is 7.06. The van der Waals surface area contributed by atoms with Gasteiger partial charge in [0.1, 0.15) is 6.61 Å². The van der Waals surface area contributed by atoms with Gasteiger partial charge >= 0.3 is 0 Å². The van der Waals surface area contributed by atoms with Crippen LogP contribution in [0.15, 0.2) is 72.8 Å². The molecule has 3 aromatic carbocycles. The molecule has 3 aromatic rings. The monoisotopic (exact) mass is 411 g/mol. The summed E-state index contributed by atoms with van der Waals surface area (Å²) in [6.45, 7) is 3.96. The van der Waals surface area contributed by atoms with Crippen LogP contribution in [0.5, 0.6) is 11.5 Å². The molecule has 3 rings (SSSR count). The van der Waals surface area contributed by atoms with Crippen LogP contribution < -0.4 is 14.8 Å². The van der Waals surface area contributed by atoms with E-state index in [4.69, 9.17) is 21.1 Å². The Morgan fingerprint density at radius 3 is 2.45 bits per heavy atom. The zero-order valence-electron chi connectivity index (χ0n) is 16.5. The van der Waals surface area contributed by atoms with Crippen LogP contribution in [-0.2, 0) is 13.2 Å². The van der Waals surface area contributed by atoms with Gasteiger partial charge in [-0.3, -0.25) is 0 Å². The first-order valence-corrected chi connectivity index (χ1v) is 10.1. The Balaban J connectivity index is 1.59. The maximum absolute atomic E-state index is 10.3. The summed E-state index contributed by atoms with van der Waals surface area (Å²) in [6, 6.07) is 23.1. The lowest BCUT2D eigenvalue weighted by molar-refractivity contribution is 0.174. The van der Waals surface area contributed by atoms with Gasteiger partial charge in [0, 0.05) is 23.7 Å². The number of hydrogen-bond acceptors (Lipinski definition) is 4. The van der Waals surface area contributed by atoms with E-state index in [1.54, 1.807) is 0 Å². The Morgan fingerprint density at radius 1 is 0.931 bits per heavy atom. The van der Waals surface area contributed by atoms with Crippen molar-refractivity contribution < 1.29 is 14.6 Å². The van der Waals surface area contributed by atoms with Crippen LogP contribution >= 0.6 is 11.6 Å². The molecule has 0 saturated carbocycles. The molecular weight excluding hydrogens is 386 g/mol. The summed E-state index contributed by atoms with van der Waals surface area (Å²) in [4.78, 5) is 0. The Labute approximate surface area is 177 Å². The van der Waals surface area contributed by atoms with E-state index in [2.05, 4.69) is 5.32 Å². The van der Waals surface area contributed by atoms with Crippen molar-refractivity contribution in [3.63, 3.8) is 0 Å². The maximum atomic E-state index is 10.3. The molecule has 0 amide bonds. The molecule has 0 spiro atoms. The average molecular weight is 412 g/mol. The van der Waals surface area contributed by atoms with E-state index in [9.17, 15) is 5.11 Å². The molecule has 0 unspecified atom stereocenters. The highest BCUT2D eigenvalue weighted by molar-refractivity contribution is 6.31. The van der Waals surface area contributed by atoms with Crippen LogP contribution in [0, 0.1) is 0 Å². The van der Waals surface area contributed by atoms with Gasteiger partial charge in [-0.15, -0.1) is 0 Å². The number of aliphatic hydroxyl groups is 1. The summed E-state index contributed by atoms with van der Waals surface area (Å²) in [5.74, 6) is 1.38. The van der Waals surface area contributed by atoms with Crippen LogP contribution in [0.2, 0.25) is 5.02 Å². The lowest BCUT2D eigenvalue weighted by atomic mass is 10.1. The van der Waals surface area contributed by atoms with Crippen molar-refractivity contribution in [2.24, 2.45) is 0 Å². The molecule has 2 N–H and O–H groups in total. The molecule has 0 bridgehead atoms. The van der Waals surface area contributed by atoms with E-state index >= 15 is 0 Å². The van der Waals surface area contributed by atoms with Crippen molar-refractivity contribution in [2.75, 3.05) is 13.2 Å². The first kappa shape index (κ1) is 21.2. The first-order valence-electron chi connectivity index (χ1n) is 9.73. The lowest BCUT2D eigenvalue weighted by Crippen LogP contribution is -2.21. The second kappa shape index (κ2) is 10.9. The highest BCUT2D eigenvalue weighted by Crippen LogP contribution is 2.30. The molecule has 0 saturated heterocycles. The van der Waals surface area contributed by atoms with Crippen molar-refractivity contribution in [3.05, 3.63) is 94.5 Å². The minimum Gasteiger partial charge on any atom is -0.490 e. The normalized spacial score (nSPS) is 11.8. The van der Waals surface area contributed by atoms with Crippen LogP contribution in [0.1, 0.15) is 29.7 Å². The summed E-state index contributed by atoms with van der Waals surface area (Å²) >= 11 is 6.20. The number of ether oxygens (including phenoxy) is 2. The standard InChI is InChI=1S/C24H26ClNO3/c1-2-28-24-14-18(15-26-16-22(27)19-8-4-3-5-9-19)12-13-23(24)29-17-20-10-6-7-11-21(20)25/h3-14,22,26-27H,2,15-17H2,1H3/t22-/m0/s1. The SMILES string of the molecule is CCOc1cc(CNC[C@H](O)c2ccccc2)ccc1OCc1ccccc1Cl. The van der Waals surface area contributed by atoms with Gasteiger partial charge in [-0.2, -0.15) is 0 Å². The largest absolute Gasteiger partial charge is 0.490 e. The molecule has 5 heteroatoms. The minimum atomic E-state index is -0.541. The first-order chi connectivity index (χ1) is 14.2. The van der Waals surface area contributed by atoms with Crippen LogP contribution in [0.3, 0.4) is 0 Å². The molecule has 0 aliphatic rings. The highest BCUT2D eigenvalue weighted by Gasteiger charge is 2.10. The van der Waals surface area contributed by atoms with E-state index in [1.165, 1.54) is 0 Å². The fraction of sp³-hybridized carbons (Fsp3) is 0.250. The van der Waals surface area contributed by atoms with Crippen LogP contribution in [-0.4, -0.2) is 18.3 Å². The van der Waals surface area contributed by atoms with Crippen molar-refractivity contribution in [1.29, 1.82) is 0 Å². The Hall–Kier alpha value is -2.53. The van der Waals surface area contributed by atoms with E-state index in [-0.39, 0.29) is 0 Å². The summed E-state index contributed by atoms with van der Waals surface area (Å²) in [6.07, 6.45) is -0.541. The zero-order chi connectivity index (χ0) is 20.5. The Morgan fingerprint density at radius 2 is 1.69 bits per heavy atom. The molecule has 152 valence electrons. The quantitative estimate of drug-likeness (QED) is 0.485. The zero-order valence-corrected chi connectivity index (χ0v) is 17.2. The van der Waals surface area contributed by atoms with E-state index in [1.807, 2.05) is 79.7 Å². The number of hydrogen-bond donors (Lipinski definition) is 2. The number of rotatable bonds is 10. The summed E-state index contributed by atoms with van der Waals surface area (Å²) < 4.78 is 11.7. The minimum absolute atomic E-state index is 0.376. The van der Waals surface area contributed by atoms with Gasteiger partial charge in [0.15, 0.2) is 11.5 Å². The van der Waals surface area contributed by atoms with E-state index < -0.39 is 6.10 Å². The van der Waals surface area contributed by atoms with Gasteiger partial charge in [0.2, 0.25) is 0 Å². The molecular formula is C24H26ClNO3. The van der Waals surface area contributed by atoms with Gasteiger partial charge in [0.25, 0.3) is 0 Å². The second-order valence-electron chi connectivity index (χ2n) is 6.65. The van der Waals surface area contributed by atoms with E-state index in [0.717, 1.165) is 16.7 Å². The fourth-order valence-electron chi connectivity index (χ4n) is 2.97. The maximum Gasteiger partial charge on any atom is 0.161 e. The van der Waals surface area contributed by atoms with Gasteiger partial charge in [-0.25, -0.2) is 0 Å². The molecule has 1 atom stereocenters. The van der Waals surface area contributed by atoms with Crippen molar-refractivity contribution in [1.82, 2.24) is 5.32 Å². The fourth-order valence-corrected chi connectivity index (χ4v) is 3.16. The van der Waals surface area contributed by atoms with Crippen molar-refractivity contribution in [2.45, 2.75) is 26.2 Å². The predicted octanol–water partition coefficient (Wildman–Crippen LogP) is 5.14. The molecule has 0 aliphatic heterocycles. The molecule has 0 aromatic heterocycles. The number of halogens is 1. The van der Waals surface area contributed by atoms with E-state index in [0.29, 0.717) is 42.8 Å². The summed E-state index contributed by atoms with van der Waals surface area (Å²) in [7, 11) is 0. The van der Waals surface area contributed by atoms with Gasteiger partial charge in [-0.05, 0) is 36.2 Å². The lowest BCUT2D eigenvalue weighted by Gasteiger charge is -2.15. The smallest absolute Gasteiger partial charge is 0.161 e. The molecule has 4 nitrogen and oxygen atoms in total. The third-order valence-corrected chi connectivity index (χ3v) is 4.87. The summed E-state index contributed by atoms with van der Waals surface area (Å²) in [5.41, 5.74) is 2.88. The van der Waals surface area contributed by atoms with Gasteiger partial charge < -0.3 is 19.9 Å². The number of nitrogens with one attached hydrogen (secondary N) is 1. The molecule has 0 fully saturated rings. The average Bonchev–Trinajstić information content (AvgIpc) is 2.75. The molecule has 0 aliphatic carbocycles. The molecule has 0 radical (unpaired) electrons. The Kier molecular flexibility index (Phi) is 7.94. The number of benzene rings is 3. The van der Waals surface area contributed by atoms with Crippen molar-refractivity contribution >= 4 is 11.6 Å². The number of aliphatic hydroxyl groups excluding tert-OH is 1. The van der Waals surface area contributed by atoms with Gasteiger partial charge in [-0.1, -0.05) is 66.2 Å². The van der Waals surface area contributed by atoms with Gasteiger partial charge in [0.05, 0.1) is 12.7 Å².